The van der Waals surface area contributed by atoms with Gasteiger partial charge in [-0.1, -0.05) is 6.92 Å². The number of nitrogens with two attached hydrogens (primary N) is 1. The van der Waals surface area contributed by atoms with Crippen LogP contribution in [0.15, 0.2) is 12.1 Å². The predicted octanol–water partition coefficient (Wildman–Crippen LogP) is 2.32. The molecule has 1 atom stereocenters. The molecule has 0 aliphatic carbocycles. The van der Waals surface area contributed by atoms with Crippen LogP contribution >= 0.6 is 0 Å². The molecule has 1 unspecified atom stereocenters. The lowest BCUT2D eigenvalue weighted by Gasteiger charge is -2.28. The SMILES string of the molecule is CCCOc1nc(N(C)CC2CCCOC2)ccc1N. The molecule has 1 aliphatic heterocycles. The monoisotopic (exact) mass is 279 g/mol. The molecule has 2 heterocycles. The van der Waals surface area contributed by atoms with E-state index in [-0.39, 0.29) is 0 Å². The van der Waals surface area contributed by atoms with Gasteiger partial charge in [0.1, 0.15) is 5.82 Å². The molecule has 5 nitrogen and oxygen atoms in total. The van der Waals surface area contributed by atoms with Crippen LogP contribution < -0.4 is 15.4 Å². The fourth-order valence-corrected chi connectivity index (χ4v) is 2.40. The third-order valence-electron chi connectivity index (χ3n) is 3.50. The van der Waals surface area contributed by atoms with E-state index in [0.29, 0.717) is 24.1 Å². The van der Waals surface area contributed by atoms with Crippen LogP contribution in [0.2, 0.25) is 0 Å². The van der Waals surface area contributed by atoms with Crippen LogP contribution in [0.25, 0.3) is 0 Å². The summed E-state index contributed by atoms with van der Waals surface area (Å²) in [7, 11) is 2.05. The van der Waals surface area contributed by atoms with Crippen molar-refractivity contribution in [3.63, 3.8) is 0 Å². The Bertz CT molecular complexity index is 420. The Kier molecular flexibility index (Phi) is 5.47. The summed E-state index contributed by atoms with van der Waals surface area (Å²) in [5.74, 6) is 2.01. The molecule has 20 heavy (non-hydrogen) atoms. The summed E-state index contributed by atoms with van der Waals surface area (Å²) in [5.41, 5.74) is 6.48. The first-order valence-electron chi connectivity index (χ1n) is 7.39. The second-order valence-corrected chi connectivity index (χ2v) is 5.38. The van der Waals surface area contributed by atoms with Crippen molar-refractivity contribution in [2.75, 3.05) is 44.0 Å². The molecule has 0 aromatic carbocycles. The van der Waals surface area contributed by atoms with Crippen LogP contribution in [0.1, 0.15) is 26.2 Å². The van der Waals surface area contributed by atoms with Crippen LogP contribution in [0, 0.1) is 5.92 Å². The Morgan fingerprint density at radius 2 is 2.35 bits per heavy atom. The Morgan fingerprint density at radius 3 is 3.05 bits per heavy atom. The molecule has 1 aromatic rings. The Hall–Kier alpha value is -1.49. The highest BCUT2D eigenvalue weighted by Crippen LogP contribution is 2.24. The molecule has 0 bridgehead atoms. The zero-order chi connectivity index (χ0) is 14.4. The van der Waals surface area contributed by atoms with E-state index in [1.807, 2.05) is 12.1 Å². The van der Waals surface area contributed by atoms with Gasteiger partial charge in [0.2, 0.25) is 5.88 Å². The lowest BCUT2D eigenvalue weighted by Crippen LogP contribution is -2.31. The van der Waals surface area contributed by atoms with Gasteiger partial charge in [-0.15, -0.1) is 0 Å². The summed E-state index contributed by atoms with van der Waals surface area (Å²) in [6.07, 6.45) is 3.32. The summed E-state index contributed by atoms with van der Waals surface area (Å²) in [6.45, 7) is 5.40. The topological polar surface area (TPSA) is 60.6 Å². The number of nitrogen functional groups attached to an aromatic ring is 1. The molecule has 1 aromatic heterocycles. The van der Waals surface area contributed by atoms with Crippen LogP contribution in [0.4, 0.5) is 11.5 Å². The van der Waals surface area contributed by atoms with Crippen LogP contribution in [0.5, 0.6) is 5.88 Å². The standard InChI is InChI=1S/C15H25N3O2/c1-3-8-20-15-13(16)6-7-14(17-15)18(2)10-12-5-4-9-19-11-12/h6-7,12H,3-5,8-11,16H2,1-2H3. The first-order valence-corrected chi connectivity index (χ1v) is 7.39. The molecule has 1 aliphatic rings. The lowest BCUT2D eigenvalue weighted by molar-refractivity contribution is 0.0576. The van der Waals surface area contributed by atoms with Crippen molar-refractivity contribution in [3.8, 4) is 5.88 Å². The number of ether oxygens (including phenoxy) is 2. The zero-order valence-electron chi connectivity index (χ0n) is 12.5. The minimum atomic E-state index is 0.538. The van der Waals surface area contributed by atoms with E-state index >= 15 is 0 Å². The van der Waals surface area contributed by atoms with Crippen molar-refractivity contribution in [2.24, 2.45) is 5.92 Å². The van der Waals surface area contributed by atoms with Gasteiger partial charge in [-0.25, -0.2) is 0 Å². The molecule has 0 saturated carbocycles. The second-order valence-electron chi connectivity index (χ2n) is 5.38. The number of anilines is 2. The van der Waals surface area contributed by atoms with Crippen molar-refractivity contribution in [1.82, 2.24) is 4.98 Å². The van der Waals surface area contributed by atoms with E-state index in [0.717, 1.165) is 38.4 Å². The van der Waals surface area contributed by atoms with Gasteiger partial charge in [-0.3, -0.25) is 0 Å². The molecule has 112 valence electrons. The maximum absolute atomic E-state index is 5.89. The average Bonchev–Trinajstić information content (AvgIpc) is 2.47. The molecule has 1 fully saturated rings. The van der Waals surface area contributed by atoms with Gasteiger partial charge >= 0.3 is 0 Å². The number of hydrogen-bond acceptors (Lipinski definition) is 5. The molecule has 2 N–H and O–H groups in total. The minimum absolute atomic E-state index is 0.538. The average molecular weight is 279 g/mol. The van der Waals surface area contributed by atoms with Gasteiger partial charge in [0.15, 0.2) is 0 Å². The maximum Gasteiger partial charge on any atom is 0.239 e. The molecular formula is C15H25N3O2. The van der Waals surface area contributed by atoms with E-state index in [9.17, 15) is 0 Å². The summed E-state index contributed by atoms with van der Waals surface area (Å²) in [4.78, 5) is 6.66. The Morgan fingerprint density at radius 1 is 1.50 bits per heavy atom. The molecular weight excluding hydrogens is 254 g/mol. The fraction of sp³-hybridized carbons (Fsp3) is 0.667. The second kappa shape index (κ2) is 7.33. The first kappa shape index (κ1) is 14.9. The van der Waals surface area contributed by atoms with E-state index in [1.165, 1.54) is 6.42 Å². The molecule has 2 rings (SSSR count). The summed E-state index contributed by atoms with van der Waals surface area (Å²) < 4.78 is 11.1. The minimum Gasteiger partial charge on any atom is -0.476 e. The van der Waals surface area contributed by atoms with E-state index < -0.39 is 0 Å². The van der Waals surface area contributed by atoms with Crippen molar-refractivity contribution in [2.45, 2.75) is 26.2 Å². The fourth-order valence-electron chi connectivity index (χ4n) is 2.40. The van der Waals surface area contributed by atoms with Gasteiger partial charge < -0.3 is 20.1 Å². The zero-order valence-corrected chi connectivity index (χ0v) is 12.5. The van der Waals surface area contributed by atoms with Gasteiger partial charge in [-0.2, -0.15) is 4.98 Å². The van der Waals surface area contributed by atoms with Gasteiger partial charge in [-0.05, 0) is 37.3 Å². The van der Waals surface area contributed by atoms with Crippen molar-refractivity contribution >= 4 is 11.5 Å². The predicted molar refractivity (Wildman–Crippen MR) is 81.2 cm³/mol. The van der Waals surface area contributed by atoms with Gasteiger partial charge in [0.05, 0.1) is 18.9 Å². The van der Waals surface area contributed by atoms with Gasteiger partial charge in [0, 0.05) is 20.2 Å². The summed E-state index contributed by atoms with van der Waals surface area (Å²) in [6, 6.07) is 3.80. The number of aromatic nitrogens is 1. The molecule has 0 amide bonds. The molecule has 5 heteroatoms. The van der Waals surface area contributed by atoms with E-state index in [1.54, 1.807) is 0 Å². The van der Waals surface area contributed by atoms with E-state index in [4.69, 9.17) is 15.2 Å². The van der Waals surface area contributed by atoms with Crippen molar-refractivity contribution in [1.29, 1.82) is 0 Å². The third-order valence-corrected chi connectivity index (χ3v) is 3.50. The third kappa shape index (κ3) is 4.00. The highest BCUT2D eigenvalue weighted by molar-refractivity contribution is 5.54. The number of rotatable bonds is 6. The quantitative estimate of drug-likeness (QED) is 0.866. The molecule has 1 saturated heterocycles. The smallest absolute Gasteiger partial charge is 0.239 e. The number of pyridine rings is 1. The van der Waals surface area contributed by atoms with Gasteiger partial charge in [0.25, 0.3) is 0 Å². The van der Waals surface area contributed by atoms with Crippen molar-refractivity contribution in [3.05, 3.63) is 12.1 Å². The first-order chi connectivity index (χ1) is 9.70. The van der Waals surface area contributed by atoms with E-state index in [2.05, 4.69) is 23.9 Å². The largest absolute Gasteiger partial charge is 0.476 e. The summed E-state index contributed by atoms with van der Waals surface area (Å²) >= 11 is 0. The Balaban J connectivity index is 1.99. The lowest BCUT2D eigenvalue weighted by atomic mass is 10.0. The van der Waals surface area contributed by atoms with Crippen LogP contribution in [-0.4, -0.2) is 38.4 Å². The normalized spacial score (nSPS) is 18.8. The van der Waals surface area contributed by atoms with Crippen molar-refractivity contribution < 1.29 is 9.47 Å². The summed E-state index contributed by atoms with van der Waals surface area (Å²) in [5, 5.41) is 0. The number of hydrogen-bond donors (Lipinski definition) is 1. The number of nitrogens with zero attached hydrogens (tertiary/aromatic N) is 2. The van der Waals surface area contributed by atoms with Crippen LogP contribution in [0.3, 0.4) is 0 Å². The Labute approximate surface area is 121 Å². The highest BCUT2D eigenvalue weighted by Gasteiger charge is 2.17. The molecule has 0 spiro atoms. The maximum atomic E-state index is 5.89. The van der Waals surface area contributed by atoms with Crippen LogP contribution in [-0.2, 0) is 4.74 Å². The molecule has 0 radical (unpaired) electrons. The highest BCUT2D eigenvalue weighted by atomic mass is 16.5.